The monoisotopic (exact) mass is 321 g/mol. The summed E-state index contributed by atoms with van der Waals surface area (Å²) in [6, 6.07) is 3.39. The van der Waals surface area contributed by atoms with E-state index in [4.69, 9.17) is 0 Å². The minimum Gasteiger partial charge on any atom is -0.349 e. The molecule has 1 aliphatic rings. The van der Waals surface area contributed by atoms with E-state index >= 15 is 0 Å². The standard InChI is InChI=1S/C15H17F2N5O/c16-12-6-5-11(8-13(12)17)22-14(19-20-21-22)9-18-15(23)7-10-3-1-2-4-10/h5-6,8,10H,1-4,7,9H2,(H,18,23). The van der Waals surface area contributed by atoms with Crippen molar-refractivity contribution in [1.29, 1.82) is 0 Å². The van der Waals surface area contributed by atoms with Gasteiger partial charge in [0.25, 0.3) is 0 Å². The molecule has 0 unspecified atom stereocenters. The summed E-state index contributed by atoms with van der Waals surface area (Å²) in [4.78, 5) is 11.9. The third-order valence-electron chi connectivity index (χ3n) is 4.07. The summed E-state index contributed by atoms with van der Waals surface area (Å²) < 4.78 is 27.6. The quantitative estimate of drug-likeness (QED) is 0.916. The van der Waals surface area contributed by atoms with E-state index < -0.39 is 11.6 Å². The molecule has 1 fully saturated rings. The van der Waals surface area contributed by atoms with Gasteiger partial charge in [-0.25, -0.2) is 8.78 Å². The third kappa shape index (κ3) is 3.69. The van der Waals surface area contributed by atoms with Crippen LogP contribution in [0.5, 0.6) is 0 Å². The number of hydrogen-bond donors (Lipinski definition) is 1. The summed E-state index contributed by atoms with van der Waals surface area (Å²) >= 11 is 0. The molecule has 0 aliphatic heterocycles. The summed E-state index contributed by atoms with van der Waals surface area (Å²) in [7, 11) is 0. The highest BCUT2D eigenvalue weighted by Gasteiger charge is 2.19. The lowest BCUT2D eigenvalue weighted by molar-refractivity contribution is -0.122. The average molecular weight is 321 g/mol. The Bertz CT molecular complexity index is 697. The van der Waals surface area contributed by atoms with Crippen molar-refractivity contribution in [1.82, 2.24) is 25.5 Å². The summed E-state index contributed by atoms with van der Waals surface area (Å²) in [6.07, 6.45) is 5.07. The van der Waals surface area contributed by atoms with Crippen LogP contribution in [-0.2, 0) is 11.3 Å². The molecule has 1 heterocycles. The van der Waals surface area contributed by atoms with Crippen molar-refractivity contribution in [2.75, 3.05) is 0 Å². The van der Waals surface area contributed by atoms with Crippen LogP contribution in [-0.4, -0.2) is 26.1 Å². The van der Waals surface area contributed by atoms with Gasteiger partial charge in [0.1, 0.15) is 0 Å². The largest absolute Gasteiger partial charge is 0.349 e. The van der Waals surface area contributed by atoms with Crippen LogP contribution in [0.2, 0.25) is 0 Å². The number of benzene rings is 1. The molecule has 1 aromatic carbocycles. The van der Waals surface area contributed by atoms with E-state index in [2.05, 4.69) is 20.8 Å². The molecule has 1 amide bonds. The molecule has 1 aromatic heterocycles. The van der Waals surface area contributed by atoms with Crippen LogP contribution in [0.4, 0.5) is 8.78 Å². The summed E-state index contributed by atoms with van der Waals surface area (Å²) in [5.74, 6) is -1.15. The first kappa shape index (κ1) is 15.5. The minimum absolute atomic E-state index is 0.0447. The van der Waals surface area contributed by atoms with E-state index in [9.17, 15) is 13.6 Å². The summed E-state index contributed by atoms with van der Waals surface area (Å²) in [5, 5.41) is 13.9. The Morgan fingerprint density at radius 2 is 2.04 bits per heavy atom. The van der Waals surface area contributed by atoms with Crippen molar-refractivity contribution < 1.29 is 13.6 Å². The summed E-state index contributed by atoms with van der Waals surface area (Å²) in [6.45, 7) is 0.136. The van der Waals surface area contributed by atoms with Crippen molar-refractivity contribution in [3.8, 4) is 5.69 Å². The molecule has 1 N–H and O–H groups in total. The zero-order valence-corrected chi connectivity index (χ0v) is 12.5. The first-order valence-electron chi connectivity index (χ1n) is 7.63. The second-order valence-electron chi connectivity index (χ2n) is 5.74. The smallest absolute Gasteiger partial charge is 0.220 e. The highest BCUT2D eigenvalue weighted by Crippen LogP contribution is 2.27. The molecule has 0 spiro atoms. The number of tetrazole rings is 1. The molecule has 0 radical (unpaired) electrons. The van der Waals surface area contributed by atoms with Crippen molar-refractivity contribution >= 4 is 5.91 Å². The Morgan fingerprint density at radius 3 is 2.78 bits per heavy atom. The third-order valence-corrected chi connectivity index (χ3v) is 4.07. The van der Waals surface area contributed by atoms with Gasteiger partial charge in [-0.15, -0.1) is 5.10 Å². The molecule has 23 heavy (non-hydrogen) atoms. The van der Waals surface area contributed by atoms with E-state index in [0.717, 1.165) is 25.0 Å². The van der Waals surface area contributed by atoms with E-state index in [1.165, 1.54) is 23.6 Å². The number of carbonyl (C=O) groups excluding carboxylic acids is 1. The second kappa shape index (κ2) is 6.80. The van der Waals surface area contributed by atoms with E-state index in [0.29, 0.717) is 23.9 Å². The molecular formula is C15H17F2N5O. The van der Waals surface area contributed by atoms with Crippen LogP contribution in [0.1, 0.15) is 37.9 Å². The van der Waals surface area contributed by atoms with Gasteiger partial charge in [0.2, 0.25) is 5.91 Å². The number of nitrogens with zero attached hydrogens (tertiary/aromatic N) is 4. The van der Waals surface area contributed by atoms with E-state index in [1.54, 1.807) is 0 Å². The predicted octanol–water partition coefficient (Wildman–Crippen LogP) is 2.14. The van der Waals surface area contributed by atoms with Gasteiger partial charge in [-0.2, -0.15) is 4.68 Å². The first-order chi connectivity index (χ1) is 11.1. The van der Waals surface area contributed by atoms with E-state index in [1.807, 2.05) is 0 Å². The molecule has 0 atom stereocenters. The van der Waals surface area contributed by atoms with Crippen molar-refractivity contribution in [2.24, 2.45) is 5.92 Å². The molecule has 2 aromatic rings. The zero-order valence-electron chi connectivity index (χ0n) is 12.5. The Labute approximate surface area is 131 Å². The van der Waals surface area contributed by atoms with Crippen molar-refractivity contribution in [3.63, 3.8) is 0 Å². The lowest BCUT2D eigenvalue weighted by Crippen LogP contribution is -2.26. The fraction of sp³-hybridized carbons (Fsp3) is 0.467. The Kier molecular flexibility index (Phi) is 4.59. The minimum atomic E-state index is -0.978. The molecule has 0 saturated heterocycles. The normalized spacial score (nSPS) is 15.0. The van der Waals surface area contributed by atoms with Gasteiger partial charge >= 0.3 is 0 Å². The van der Waals surface area contributed by atoms with Gasteiger partial charge in [-0.05, 0) is 41.3 Å². The fourth-order valence-electron chi connectivity index (χ4n) is 2.86. The lowest BCUT2D eigenvalue weighted by atomic mass is 10.0. The van der Waals surface area contributed by atoms with Gasteiger partial charge in [0.15, 0.2) is 17.5 Å². The number of rotatable bonds is 5. The average Bonchev–Trinajstić information content (AvgIpc) is 3.19. The molecule has 6 nitrogen and oxygen atoms in total. The first-order valence-corrected chi connectivity index (χ1v) is 7.63. The molecule has 1 aliphatic carbocycles. The van der Waals surface area contributed by atoms with Crippen LogP contribution in [0.15, 0.2) is 18.2 Å². The Hall–Kier alpha value is -2.38. The number of hydrogen-bond acceptors (Lipinski definition) is 4. The molecular weight excluding hydrogens is 304 g/mol. The Balaban J connectivity index is 1.64. The number of carbonyl (C=O) groups is 1. The van der Waals surface area contributed by atoms with Gasteiger partial charge in [0, 0.05) is 12.5 Å². The molecule has 1 saturated carbocycles. The second-order valence-corrected chi connectivity index (χ2v) is 5.74. The van der Waals surface area contributed by atoms with Gasteiger partial charge < -0.3 is 5.32 Å². The van der Waals surface area contributed by atoms with Crippen LogP contribution >= 0.6 is 0 Å². The molecule has 8 heteroatoms. The van der Waals surface area contributed by atoms with Gasteiger partial charge in [0.05, 0.1) is 12.2 Å². The SMILES string of the molecule is O=C(CC1CCCC1)NCc1nnnn1-c1ccc(F)c(F)c1. The Morgan fingerprint density at radius 1 is 1.26 bits per heavy atom. The maximum Gasteiger partial charge on any atom is 0.220 e. The fourth-order valence-corrected chi connectivity index (χ4v) is 2.86. The van der Waals surface area contributed by atoms with Crippen molar-refractivity contribution in [2.45, 2.75) is 38.6 Å². The molecule has 3 rings (SSSR count). The number of aromatic nitrogens is 4. The van der Waals surface area contributed by atoms with Crippen LogP contribution < -0.4 is 5.32 Å². The maximum atomic E-state index is 13.3. The van der Waals surface area contributed by atoms with Crippen LogP contribution in [0, 0.1) is 17.6 Å². The molecule has 122 valence electrons. The predicted molar refractivity (Wildman–Crippen MR) is 77.5 cm³/mol. The lowest BCUT2D eigenvalue weighted by Gasteiger charge is -2.09. The number of amides is 1. The highest BCUT2D eigenvalue weighted by atomic mass is 19.2. The van der Waals surface area contributed by atoms with Crippen LogP contribution in [0.25, 0.3) is 5.69 Å². The highest BCUT2D eigenvalue weighted by molar-refractivity contribution is 5.76. The summed E-state index contributed by atoms with van der Waals surface area (Å²) in [5.41, 5.74) is 0.300. The number of nitrogens with one attached hydrogen (secondary N) is 1. The van der Waals surface area contributed by atoms with Gasteiger partial charge in [-0.1, -0.05) is 12.8 Å². The zero-order chi connectivity index (χ0) is 16.2. The maximum absolute atomic E-state index is 13.3. The van der Waals surface area contributed by atoms with Gasteiger partial charge in [-0.3, -0.25) is 4.79 Å². The molecule has 0 bridgehead atoms. The number of halogens is 2. The van der Waals surface area contributed by atoms with Crippen molar-refractivity contribution in [3.05, 3.63) is 35.7 Å². The topological polar surface area (TPSA) is 72.7 Å². The van der Waals surface area contributed by atoms with E-state index in [-0.39, 0.29) is 12.5 Å². The van der Waals surface area contributed by atoms with Crippen LogP contribution in [0.3, 0.4) is 0 Å².